The molecule has 2 aromatic heterocycles. The van der Waals surface area contributed by atoms with E-state index in [0.717, 1.165) is 28.6 Å². The van der Waals surface area contributed by atoms with Crippen LogP contribution >= 0.6 is 0 Å². The summed E-state index contributed by atoms with van der Waals surface area (Å²) >= 11 is 0. The SMILES string of the molecule is O=C1CC(c2ccc3ncccc3c2)c2c(cc(O)c3c(=O)c(O)c(-c4ccc(O)c(O)c4)oc23)O1. The van der Waals surface area contributed by atoms with Crippen LogP contribution in [0.2, 0.25) is 0 Å². The zero-order valence-corrected chi connectivity index (χ0v) is 18.4. The van der Waals surface area contributed by atoms with Crippen LogP contribution in [0.1, 0.15) is 23.5 Å². The van der Waals surface area contributed by atoms with Gasteiger partial charge in [0.15, 0.2) is 17.3 Å². The number of fused-ring (bicyclic) bond motifs is 4. The second-order valence-corrected chi connectivity index (χ2v) is 8.51. The number of aromatic nitrogens is 1. The molecule has 3 aromatic carbocycles. The minimum atomic E-state index is -0.905. The van der Waals surface area contributed by atoms with Crippen molar-refractivity contribution >= 4 is 27.8 Å². The van der Waals surface area contributed by atoms with Gasteiger partial charge in [0, 0.05) is 34.7 Å². The molecular formula is C27H17NO8. The van der Waals surface area contributed by atoms with E-state index in [1.807, 2.05) is 24.3 Å². The van der Waals surface area contributed by atoms with E-state index in [-0.39, 0.29) is 34.5 Å². The number of benzene rings is 3. The second-order valence-electron chi connectivity index (χ2n) is 8.51. The van der Waals surface area contributed by atoms with Crippen molar-refractivity contribution in [1.82, 2.24) is 4.98 Å². The van der Waals surface area contributed by atoms with Crippen LogP contribution in [-0.2, 0) is 4.79 Å². The number of aromatic hydroxyl groups is 4. The molecule has 0 fully saturated rings. The molecule has 6 rings (SSSR count). The quantitative estimate of drug-likeness (QED) is 0.164. The number of esters is 1. The van der Waals surface area contributed by atoms with Crippen molar-refractivity contribution in [2.45, 2.75) is 12.3 Å². The van der Waals surface area contributed by atoms with E-state index in [0.29, 0.717) is 5.56 Å². The third-order valence-electron chi connectivity index (χ3n) is 6.33. The minimum Gasteiger partial charge on any atom is -0.507 e. The first-order valence-electron chi connectivity index (χ1n) is 10.9. The van der Waals surface area contributed by atoms with Gasteiger partial charge in [-0.15, -0.1) is 0 Å². The zero-order valence-electron chi connectivity index (χ0n) is 18.4. The van der Waals surface area contributed by atoms with Crippen LogP contribution in [0.25, 0.3) is 33.2 Å². The minimum absolute atomic E-state index is 0.0286. The smallest absolute Gasteiger partial charge is 0.312 e. The Balaban J connectivity index is 1.66. The van der Waals surface area contributed by atoms with E-state index >= 15 is 0 Å². The molecule has 1 atom stereocenters. The van der Waals surface area contributed by atoms with Gasteiger partial charge in [-0.2, -0.15) is 0 Å². The van der Waals surface area contributed by atoms with Gasteiger partial charge in [-0.05, 0) is 42.0 Å². The number of phenols is 3. The first-order chi connectivity index (χ1) is 17.3. The van der Waals surface area contributed by atoms with Crippen molar-refractivity contribution in [3.8, 4) is 40.1 Å². The predicted octanol–water partition coefficient (Wildman–Crippen LogP) is 4.27. The summed E-state index contributed by atoms with van der Waals surface area (Å²) in [5.74, 6) is -3.56. The number of ether oxygens (including phenoxy) is 1. The van der Waals surface area contributed by atoms with Gasteiger partial charge < -0.3 is 29.6 Å². The molecule has 0 amide bonds. The Morgan fingerprint density at radius 3 is 2.53 bits per heavy atom. The average Bonchev–Trinajstić information content (AvgIpc) is 2.86. The number of pyridine rings is 1. The molecule has 9 heteroatoms. The van der Waals surface area contributed by atoms with E-state index < -0.39 is 40.3 Å². The standard InChI is InChI=1S/C27H17NO8/c29-17-6-4-14(9-18(17)30)26-25(34)24(33)23-19(31)11-20-22(27(23)36-26)15(10-21(32)35-20)12-3-5-16-13(8-12)2-1-7-28-16/h1-9,11,15,29-31,34H,10H2. The summed E-state index contributed by atoms with van der Waals surface area (Å²) in [7, 11) is 0. The van der Waals surface area contributed by atoms with Crippen LogP contribution in [0, 0.1) is 0 Å². The maximum Gasteiger partial charge on any atom is 0.312 e. The van der Waals surface area contributed by atoms with Gasteiger partial charge in [-0.3, -0.25) is 14.6 Å². The number of carbonyl (C=O) groups excluding carboxylic acids is 1. The van der Waals surface area contributed by atoms with Crippen molar-refractivity contribution in [3.63, 3.8) is 0 Å². The van der Waals surface area contributed by atoms with Crippen molar-refractivity contribution in [3.05, 3.63) is 82.1 Å². The number of hydrogen-bond acceptors (Lipinski definition) is 9. The first kappa shape index (κ1) is 21.5. The largest absolute Gasteiger partial charge is 0.507 e. The molecule has 0 saturated carbocycles. The zero-order chi connectivity index (χ0) is 25.1. The monoisotopic (exact) mass is 483 g/mol. The molecule has 4 N–H and O–H groups in total. The Bertz CT molecular complexity index is 1790. The van der Waals surface area contributed by atoms with Gasteiger partial charge in [-0.25, -0.2) is 0 Å². The Labute approximate surface area is 202 Å². The van der Waals surface area contributed by atoms with Gasteiger partial charge >= 0.3 is 5.97 Å². The van der Waals surface area contributed by atoms with Crippen LogP contribution in [0.15, 0.2) is 70.0 Å². The maximum absolute atomic E-state index is 13.2. The Morgan fingerprint density at radius 1 is 0.889 bits per heavy atom. The highest BCUT2D eigenvalue weighted by atomic mass is 16.5. The van der Waals surface area contributed by atoms with Crippen LogP contribution in [0.5, 0.6) is 28.7 Å². The van der Waals surface area contributed by atoms with Crippen molar-refractivity contribution < 1.29 is 34.4 Å². The van der Waals surface area contributed by atoms with Gasteiger partial charge in [0.25, 0.3) is 0 Å². The van der Waals surface area contributed by atoms with E-state index in [4.69, 9.17) is 9.15 Å². The molecule has 36 heavy (non-hydrogen) atoms. The summed E-state index contributed by atoms with van der Waals surface area (Å²) in [5.41, 5.74) is 0.991. The number of phenolic OH excluding ortho intramolecular Hbond substituents is 3. The third-order valence-corrected chi connectivity index (χ3v) is 6.33. The van der Waals surface area contributed by atoms with Crippen LogP contribution in [0.4, 0.5) is 0 Å². The fourth-order valence-corrected chi connectivity index (χ4v) is 4.64. The Hall–Kier alpha value is -5.05. The number of nitrogens with zero attached hydrogens (tertiary/aromatic N) is 1. The normalized spacial score (nSPS) is 15.1. The molecule has 0 radical (unpaired) electrons. The highest BCUT2D eigenvalue weighted by Crippen LogP contribution is 2.47. The molecule has 3 heterocycles. The molecule has 0 bridgehead atoms. The number of hydrogen-bond donors (Lipinski definition) is 4. The maximum atomic E-state index is 13.2. The van der Waals surface area contributed by atoms with Gasteiger partial charge in [-0.1, -0.05) is 12.1 Å². The third kappa shape index (κ3) is 3.21. The predicted molar refractivity (Wildman–Crippen MR) is 128 cm³/mol. The molecule has 5 aromatic rings. The summed E-state index contributed by atoms with van der Waals surface area (Å²) in [4.78, 5) is 30.0. The topological polar surface area (TPSA) is 150 Å². The fourth-order valence-electron chi connectivity index (χ4n) is 4.64. The van der Waals surface area contributed by atoms with Crippen molar-refractivity contribution in [2.75, 3.05) is 0 Å². The molecule has 178 valence electrons. The number of rotatable bonds is 2. The Morgan fingerprint density at radius 2 is 1.72 bits per heavy atom. The van der Waals surface area contributed by atoms with Gasteiger partial charge in [0.2, 0.25) is 11.2 Å². The van der Waals surface area contributed by atoms with E-state index in [1.54, 1.807) is 12.3 Å². The van der Waals surface area contributed by atoms with E-state index in [1.165, 1.54) is 12.1 Å². The van der Waals surface area contributed by atoms with Gasteiger partial charge in [0.05, 0.1) is 11.9 Å². The molecule has 1 aliphatic rings. The van der Waals surface area contributed by atoms with Gasteiger partial charge in [0.1, 0.15) is 22.5 Å². The lowest BCUT2D eigenvalue weighted by Gasteiger charge is -2.26. The Kier molecular flexibility index (Phi) is 4.62. The molecule has 1 aliphatic heterocycles. The van der Waals surface area contributed by atoms with E-state index in [2.05, 4.69) is 4.98 Å². The molecular weight excluding hydrogens is 466 g/mol. The van der Waals surface area contributed by atoms with E-state index in [9.17, 15) is 30.0 Å². The van der Waals surface area contributed by atoms with Crippen LogP contribution in [-0.4, -0.2) is 31.4 Å². The molecule has 9 nitrogen and oxygen atoms in total. The lowest BCUT2D eigenvalue weighted by Crippen LogP contribution is -2.22. The summed E-state index contributed by atoms with van der Waals surface area (Å²) in [6.45, 7) is 0. The number of carbonyl (C=O) groups is 1. The highest BCUT2D eigenvalue weighted by Gasteiger charge is 2.34. The lowest BCUT2D eigenvalue weighted by molar-refractivity contribution is -0.135. The highest BCUT2D eigenvalue weighted by molar-refractivity contribution is 5.94. The fraction of sp³-hybridized carbons (Fsp3) is 0.0741. The molecule has 0 aliphatic carbocycles. The van der Waals surface area contributed by atoms with Crippen LogP contribution in [0.3, 0.4) is 0 Å². The molecule has 0 saturated heterocycles. The van der Waals surface area contributed by atoms with Crippen molar-refractivity contribution in [1.29, 1.82) is 0 Å². The van der Waals surface area contributed by atoms with Crippen LogP contribution < -0.4 is 10.2 Å². The summed E-state index contributed by atoms with van der Waals surface area (Å²) < 4.78 is 11.4. The molecule has 1 unspecified atom stereocenters. The van der Waals surface area contributed by atoms with Crippen molar-refractivity contribution in [2.24, 2.45) is 0 Å². The summed E-state index contributed by atoms with van der Waals surface area (Å²) in [6, 6.07) is 14.0. The first-order valence-corrected chi connectivity index (χ1v) is 10.9. The lowest BCUT2D eigenvalue weighted by atomic mass is 9.84. The summed E-state index contributed by atoms with van der Waals surface area (Å²) in [6.07, 6.45) is 1.62. The summed E-state index contributed by atoms with van der Waals surface area (Å²) in [5, 5.41) is 41.4. The second kappa shape index (κ2) is 7.74. The average molecular weight is 483 g/mol. The molecule has 0 spiro atoms.